The fourth-order valence-electron chi connectivity index (χ4n) is 5.53. The highest BCUT2D eigenvalue weighted by molar-refractivity contribution is 7.91. The summed E-state index contributed by atoms with van der Waals surface area (Å²) in [6.45, 7) is 2.02. The van der Waals surface area contributed by atoms with E-state index >= 15 is 4.39 Å². The van der Waals surface area contributed by atoms with Crippen LogP contribution in [-0.4, -0.2) is 73.6 Å². The quantitative estimate of drug-likeness (QED) is 0.237. The van der Waals surface area contributed by atoms with E-state index in [0.29, 0.717) is 41.7 Å². The van der Waals surface area contributed by atoms with Crippen LogP contribution >= 0.6 is 0 Å². The monoisotopic (exact) mass is 636 g/mol. The van der Waals surface area contributed by atoms with E-state index in [1.165, 1.54) is 30.2 Å². The summed E-state index contributed by atoms with van der Waals surface area (Å²) in [5.74, 6) is -3.60. The van der Waals surface area contributed by atoms with Crippen LogP contribution in [0.3, 0.4) is 0 Å². The molecule has 14 heteroatoms. The number of hydrogen-bond donors (Lipinski definition) is 0. The minimum absolute atomic E-state index is 0.0217. The molecule has 0 radical (unpaired) electrons. The number of ether oxygens (including phenoxy) is 1. The Morgan fingerprint density at radius 2 is 1.82 bits per heavy atom. The molecule has 1 atom stereocenters. The Hall–Kier alpha value is -4.04. The first-order valence-electron chi connectivity index (χ1n) is 13.6. The summed E-state index contributed by atoms with van der Waals surface area (Å²) in [6.07, 6.45) is -4.76. The number of benzene rings is 2. The van der Waals surface area contributed by atoms with Gasteiger partial charge in [-0.05, 0) is 81.5 Å². The Labute approximate surface area is 250 Å². The molecule has 0 N–H and O–H groups in total. The molecule has 2 aromatic heterocycles. The molecule has 234 valence electrons. The van der Waals surface area contributed by atoms with Gasteiger partial charge in [0.25, 0.3) is 5.91 Å². The number of carbonyl (C=O) groups is 1. The van der Waals surface area contributed by atoms with Crippen molar-refractivity contribution in [2.75, 3.05) is 40.0 Å². The molecule has 3 heterocycles. The van der Waals surface area contributed by atoms with Crippen LogP contribution < -0.4 is 4.74 Å². The molecule has 0 aliphatic carbocycles. The molecule has 1 aliphatic heterocycles. The summed E-state index contributed by atoms with van der Waals surface area (Å²) in [7, 11) is 0.488. The van der Waals surface area contributed by atoms with Crippen molar-refractivity contribution in [2.24, 2.45) is 0 Å². The minimum Gasteiger partial charge on any atom is -0.482 e. The predicted molar refractivity (Wildman–Crippen MR) is 152 cm³/mol. The third-order valence-electron chi connectivity index (χ3n) is 7.57. The second-order valence-electron chi connectivity index (χ2n) is 10.8. The normalized spacial score (nSPS) is 16.0. The van der Waals surface area contributed by atoms with E-state index < -0.39 is 55.8 Å². The molecule has 0 spiro atoms. The number of aryl methyl sites for hydroxylation is 1. The van der Waals surface area contributed by atoms with E-state index in [0.717, 1.165) is 6.07 Å². The third-order valence-corrected chi connectivity index (χ3v) is 9.36. The number of amides is 1. The summed E-state index contributed by atoms with van der Waals surface area (Å²) in [6, 6.07) is 9.27. The second-order valence-corrected chi connectivity index (χ2v) is 12.8. The first kappa shape index (κ1) is 31.4. The van der Waals surface area contributed by atoms with E-state index in [4.69, 9.17) is 4.74 Å². The fraction of sp³-hybridized carbons (Fsp3) is 0.333. The van der Waals surface area contributed by atoms with Gasteiger partial charge in [-0.1, -0.05) is 12.1 Å². The number of pyridine rings is 1. The average Bonchev–Trinajstić information content (AvgIpc) is 3.47. The van der Waals surface area contributed by atoms with E-state index in [1.54, 1.807) is 43.6 Å². The van der Waals surface area contributed by atoms with Crippen molar-refractivity contribution in [3.05, 3.63) is 82.5 Å². The Kier molecular flexibility index (Phi) is 8.18. The summed E-state index contributed by atoms with van der Waals surface area (Å²) in [4.78, 5) is 21.1. The maximum atomic E-state index is 15.2. The first-order chi connectivity index (χ1) is 20.7. The zero-order valence-electron chi connectivity index (χ0n) is 24.2. The van der Waals surface area contributed by atoms with Gasteiger partial charge in [0.1, 0.15) is 16.4 Å². The number of halogens is 5. The Morgan fingerprint density at radius 1 is 1.09 bits per heavy atom. The molecule has 44 heavy (non-hydrogen) atoms. The molecule has 1 unspecified atom stereocenters. The molecule has 0 bridgehead atoms. The predicted octanol–water partition coefficient (Wildman–Crippen LogP) is 5.54. The van der Waals surface area contributed by atoms with Crippen LogP contribution in [0.2, 0.25) is 0 Å². The van der Waals surface area contributed by atoms with Gasteiger partial charge in [0.15, 0.2) is 27.2 Å². The van der Waals surface area contributed by atoms with E-state index in [1.807, 2.05) is 4.90 Å². The van der Waals surface area contributed by atoms with Gasteiger partial charge in [0.2, 0.25) is 0 Å². The maximum absolute atomic E-state index is 15.2. The largest absolute Gasteiger partial charge is 0.482 e. The second kappa shape index (κ2) is 11.5. The summed E-state index contributed by atoms with van der Waals surface area (Å²) in [5.41, 5.74) is -0.815. The van der Waals surface area contributed by atoms with Gasteiger partial charge in [-0.15, -0.1) is 0 Å². The number of hydrogen-bond acceptors (Lipinski definition) is 6. The lowest BCUT2D eigenvalue weighted by Crippen LogP contribution is -2.38. The Balaban J connectivity index is 1.71. The summed E-state index contributed by atoms with van der Waals surface area (Å²) in [5, 5.41) is 0. The maximum Gasteiger partial charge on any atom is 0.419 e. The van der Waals surface area contributed by atoms with Crippen LogP contribution in [-0.2, 0) is 16.0 Å². The lowest BCUT2D eigenvalue weighted by molar-refractivity contribution is -0.140. The van der Waals surface area contributed by atoms with Crippen LogP contribution in [0, 0.1) is 18.6 Å². The summed E-state index contributed by atoms with van der Waals surface area (Å²) < 4.78 is 103. The minimum atomic E-state index is -5.12. The number of alkyl halides is 3. The van der Waals surface area contributed by atoms with Crippen molar-refractivity contribution in [3.8, 4) is 17.1 Å². The smallest absolute Gasteiger partial charge is 0.419 e. The Bertz CT molecular complexity index is 1870. The van der Waals surface area contributed by atoms with Gasteiger partial charge in [-0.25, -0.2) is 22.2 Å². The van der Waals surface area contributed by atoms with Crippen LogP contribution in [0.5, 0.6) is 5.88 Å². The molecular weight excluding hydrogens is 607 g/mol. The van der Waals surface area contributed by atoms with Crippen LogP contribution in [0.15, 0.2) is 53.4 Å². The fourth-order valence-corrected chi connectivity index (χ4v) is 7.42. The number of methoxy groups -OCH3 is 1. The molecule has 5 rings (SSSR count). The molecule has 1 amide bonds. The molecule has 1 aliphatic rings. The number of carbonyl (C=O) groups excluding carboxylic acids is 1. The van der Waals surface area contributed by atoms with Crippen molar-refractivity contribution in [1.82, 2.24) is 19.2 Å². The number of imidazole rings is 1. The molecule has 2 aromatic carbocycles. The third kappa shape index (κ3) is 5.52. The average molecular weight is 637 g/mol. The van der Waals surface area contributed by atoms with Crippen molar-refractivity contribution < 1.29 is 39.9 Å². The van der Waals surface area contributed by atoms with Crippen molar-refractivity contribution >= 4 is 21.4 Å². The molecule has 4 aromatic rings. The number of fused-ring (bicyclic) bond motifs is 2. The standard InChI is InChI=1S/C30H29F5N4O4S/c1-17-15-18(9-12-21(17)31)27-26(36-23-7-5-8-24(43-4)39(23)27)29(40)38(14-6-13-37(2)3)22-16-44(41,42)28-19(22)10-11-20(25(28)32)30(33,34)35/h5,7-12,15,22H,6,13-14,16H2,1-4H3. The van der Waals surface area contributed by atoms with Crippen LogP contribution in [0.1, 0.15) is 39.6 Å². The van der Waals surface area contributed by atoms with Crippen LogP contribution in [0.4, 0.5) is 22.0 Å². The lowest BCUT2D eigenvalue weighted by atomic mass is 10.0. The highest BCUT2D eigenvalue weighted by Crippen LogP contribution is 2.44. The SMILES string of the molecule is COc1cccc2nc(C(=O)N(CCCN(C)C)C3CS(=O)(=O)c4c3ccc(C(F)(F)F)c4F)c(-c3ccc(F)c(C)c3)n12. The van der Waals surface area contributed by atoms with E-state index in [-0.39, 0.29) is 23.5 Å². The van der Waals surface area contributed by atoms with E-state index in [2.05, 4.69) is 4.98 Å². The number of rotatable bonds is 8. The van der Waals surface area contributed by atoms with Gasteiger partial charge in [0.05, 0.1) is 30.2 Å². The van der Waals surface area contributed by atoms with Gasteiger partial charge in [0, 0.05) is 12.1 Å². The molecule has 8 nitrogen and oxygen atoms in total. The lowest BCUT2D eigenvalue weighted by Gasteiger charge is -2.29. The zero-order chi connectivity index (χ0) is 32.1. The van der Waals surface area contributed by atoms with Gasteiger partial charge in [-0.3, -0.25) is 9.20 Å². The Morgan fingerprint density at radius 3 is 2.45 bits per heavy atom. The number of sulfone groups is 1. The number of nitrogens with zero attached hydrogens (tertiary/aromatic N) is 4. The summed E-state index contributed by atoms with van der Waals surface area (Å²) >= 11 is 0. The van der Waals surface area contributed by atoms with Gasteiger partial charge in [-0.2, -0.15) is 13.2 Å². The van der Waals surface area contributed by atoms with Gasteiger partial charge >= 0.3 is 6.18 Å². The number of aromatic nitrogens is 2. The molecular formula is C30H29F5N4O4S. The first-order valence-corrected chi connectivity index (χ1v) is 15.2. The van der Waals surface area contributed by atoms with Crippen molar-refractivity contribution in [1.29, 1.82) is 0 Å². The zero-order valence-corrected chi connectivity index (χ0v) is 25.1. The highest BCUT2D eigenvalue weighted by Gasteiger charge is 2.46. The molecule has 0 saturated carbocycles. The van der Waals surface area contributed by atoms with Crippen molar-refractivity contribution in [3.63, 3.8) is 0 Å². The van der Waals surface area contributed by atoms with Crippen molar-refractivity contribution in [2.45, 2.75) is 30.5 Å². The highest BCUT2D eigenvalue weighted by atomic mass is 32.2. The van der Waals surface area contributed by atoms with E-state index in [9.17, 15) is 30.8 Å². The molecule has 0 fully saturated rings. The van der Waals surface area contributed by atoms with Crippen LogP contribution in [0.25, 0.3) is 16.9 Å². The molecule has 0 saturated heterocycles. The topological polar surface area (TPSA) is 84.2 Å². The van der Waals surface area contributed by atoms with Gasteiger partial charge < -0.3 is 14.5 Å².